The fraction of sp³-hybridized carbons (Fsp3) is 0.325. The lowest BCUT2D eigenvalue weighted by Crippen LogP contribution is -2.24. The van der Waals surface area contributed by atoms with Crippen LogP contribution in [0, 0.1) is 11.8 Å². The van der Waals surface area contributed by atoms with E-state index in [9.17, 15) is 9.59 Å². The molecule has 0 atom stereocenters. The van der Waals surface area contributed by atoms with Gasteiger partial charge in [0.15, 0.2) is 12.1 Å². The first-order valence-corrected chi connectivity index (χ1v) is 15.7. The molecule has 1 aliphatic rings. The first-order valence-electron chi connectivity index (χ1n) is 15.7. The van der Waals surface area contributed by atoms with Crippen LogP contribution in [0.25, 0.3) is 10.8 Å². The number of carbonyl (C=O) groups excluding carboxylic acids is 3. The van der Waals surface area contributed by atoms with Crippen LogP contribution in [0.5, 0.6) is 0 Å². The number of ketones is 1. The Kier molecular flexibility index (Phi) is 19.6. The number of benzene rings is 3. The normalized spacial score (nSPS) is 12.4. The number of carbonyl (C=O) groups is 3. The van der Waals surface area contributed by atoms with Crippen molar-refractivity contribution in [3.63, 3.8) is 0 Å². The lowest BCUT2D eigenvalue weighted by molar-refractivity contribution is -0.128. The van der Waals surface area contributed by atoms with Gasteiger partial charge in [-0.2, -0.15) is 0 Å². The van der Waals surface area contributed by atoms with Crippen LogP contribution in [0.1, 0.15) is 68.4 Å². The lowest BCUT2D eigenvalue weighted by atomic mass is 10.0. The van der Waals surface area contributed by atoms with Crippen LogP contribution < -0.4 is 10.6 Å². The molecule has 6 heteroatoms. The van der Waals surface area contributed by atoms with Gasteiger partial charge in [0.1, 0.15) is 12.0 Å². The van der Waals surface area contributed by atoms with Gasteiger partial charge >= 0.3 is 0 Å². The Morgan fingerprint density at radius 3 is 2.15 bits per heavy atom. The fourth-order valence-electron chi connectivity index (χ4n) is 4.25. The van der Waals surface area contributed by atoms with Crippen molar-refractivity contribution in [3.05, 3.63) is 120 Å². The number of Topliss-reactive ketones (excluding diaryl/α,β-unsaturated/α-hetero) is 1. The number of aldehydes is 2. The van der Waals surface area contributed by atoms with E-state index >= 15 is 0 Å². The minimum Gasteiger partial charge on any atom is -0.493 e. The van der Waals surface area contributed by atoms with Gasteiger partial charge in [0, 0.05) is 18.0 Å². The second kappa shape index (κ2) is 22.9. The number of fused-ring (bicyclic) bond motifs is 1. The molecule has 0 heterocycles. The maximum atomic E-state index is 10.4. The standard InChI is InChI=1S/C14H21NO.C14H15N.C9H10O.C3H4O2/c1-5-7-8-11-14(16-6-2)13(3)10-9-12-15-4;1-15-14(8-9-14)13-7-6-11-4-2-3-5-12(11)10-13;1-2-8-5-3-4-6-9(8)7-10;1-3(5)2-4/h7-8,11,15H,3,5-6,12H2,1-2,4H3;2-7,10,15H,8-9H2,1H3;3-7H,2H2,1H3;2H,1H3/b8-7-,14-11+;;;. The van der Waals surface area contributed by atoms with Crippen LogP contribution >= 0.6 is 0 Å². The molecular weight excluding hydrogens is 572 g/mol. The summed E-state index contributed by atoms with van der Waals surface area (Å²) in [6.07, 6.45) is 11.6. The van der Waals surface area contributed by atoms with Crippen LogP contribution in [0.4, 0.5) is 0 Å². The lowest BCUT2D eigenvalue weighted by Gasteiger charge is -2.15. The van der Waals surface area contributed by atoms with Crippen molar-refractivity contribution >= 4 is 29.1 Å². The van der Waals surface area contributed by atoms with Gasteiger partial charge < -0.3 is 15.4 Å². The van der Waals surface area contributed by atoms with Gasteiger partial charge in [-0.1, -0.05) is 105 Å². The molecule has 0 saturated heterocycles. The van der Waals surface area contributed by atoms with Gasteiger partial charge in [0.2, 0.25) is 0 Å². The van der Waals surface area contributed by atoms with Crippen LogP contribution in [-0.4, -0.2) is 45.6 Å². The zero-order valence-electron chi connectivity index (χ0n) is 28.3. The Hall–Kier alpha value is -4.57. The minimum absolute atomic E-state index is 0.278. The van der Waals surface area contributed by atoms with E-state index in [1.165, 1.54) is 36.1 Å². The average molecular weight is 623 g/mol. The Labute approximate surface area is 276 Å². The maximum Gasteiger partial charge on any atom is 0.192 e. The quantitative estimate of drug-likeness (QED) is 0.0756. The summed E-state index contributed by atoms with van der Waals surface area (Å²) in [6, 6.07) is 23.0. The Morgan fingerprint density at radius 1 is 0.978 bits per heavy atom. The molecule has 3 aromatic carbocycles. The van der Waals surface area contributed by atoms with E-state index in [-0.39, 0.29) is 11.8 Å². The number of hydrogen-bond donors (Lipinski definition) is 2. The van der Waals surface area contributed by atoms with Crippen LogP contribution in [-0.2, 0) is 26.3 Å². The number of ether oxygens (including phenoxy) is 1. The van der Waals surface area contributed by atoms with Gasteiger partial charge in [-0.05, 0) is 80.7 Å². The number of aryl methyl sites for hydroxylation is 1. The van der Waals surface area contributed by atoms with Gasteiger partial charge in [-0.25, -0.2) is 0 Å². The van der Waals surface area contributed by atoms with Crippen molar-refractivity contribution in [2.24, 2.45) is 0 Å². The molecule has 0 amide bonds. The van der Waals surface area contributed by atoms with E-state index in [0.29, 0.717) is 13.2 Å². The molecule has 4 rings (SSSR count). The summed E-state index contributed by atoms with van der Waals surface area (Å²) in [5.74, 6) is 6.24. The van der Waals surface area contributed by atoms with Crippen molar-refractivity contribution in [1.29, 1.82) is 0 Å². The number of hydrogen-bond acceptors (Lipinski definition) is 6. The van der Waals surface area contributed by atoms with E-state index in [1.54, 1.807) is 0 Å². The maximum absolute atomic E-state index is 10.4. The zero-order chi connectivity index (χ0) is 34.2. The van der Waals surface area contributed by atoms with Gasteiger partial charge in [0.25, 0.3) is 0 Å². The van der Waals surface area contributed by atoms with Crippen LogP contribution in [0.15, 0.2) is 103 Å². The van der Waals surface area contributed by atoms with Crippen molar-refractivity contribution in [3.8, 4) is 11.8 Å². The fourth-order valence-corrected chi connectivity index (χ4v) is 4.25. The first kappa shape index (κ1) is 39.5. The van der Waals surface area contributed by atoms with Crippen molar-refractivity contribution < 1.29 is 19.1 Å². The highest BCUT2D eigenvalue weighted by Gasteiger charge is 2.42. The SMILES string of the molecule is C=C(C#CCNC)/C(=C\C=C/CC)OCC.CC(=O)C=O.CCc1ccccc1C=O.CNC1(c2ccc3ccccc3c2)CC1. The Bertz CT molecular complexity index is 1520. The molecule has 6 nitrogen and oxygen atoms in total. The summed E-state index contributed by atoms with van der Waals surface area (Å²) in [4.78, 5) is 29.0. The molecule has 0 bridgehead atoms. The molecule has 1 fully saturated rings. The van der Waals surface area contributed by atoms with Crippen LogP contribution in [0.3, 0.4) is 0 Å². The molecule has 0 unspecified atom stereocenters. The van der Waals surface area contributed by atoms with Gasteiger partial charge in [-0.15, -0.1) is 0 Å². The topological polar surface area (TPSA) is 84.5 Å². The molecule has 46 heavy (non-hydrogen) atoms. The number of allylic oxidation sites excluding steroid dienone is 4. The van der Waals surface area contributed by atoms with E-state index < -0.39 is 5.78 Å². The molecule has 0 spiro atoms. The van der Waals surface area contributed by atoms with E-state index in [1.807, 2.05) is 57.3 Å². The number of rotatable bonds is 11. The highest BCUT2D eigenvalue weighted by atomic mass is 16.5. The van der Waals surface area contributed by atoms with Crippen molar-refractivity contribution in [2.45, 2.75) is 58.9 Å². The highest BCUT2D eigenvalue weighted by Crippen LogP contribution is 2.45. The first-order chi connectivity index (χ1) is 22.2. The molecular formula is C40H50N2O4. The van der Waals surface area contributed by atoms with Gasteiger partial charge in [0.05, 0.1) is 18.7 Å². The summed E-state index contributed by atoms with van der Waals surface area (Å²) in [5.41, 5.74) is 4.37. The summed E-state index contributed by atoms with van der Waals surface area (Å²) in [5, 5.41) is 9.06. The second-order valence-electron chi connectivity index (χ2n) is 10.4. The molecule has 1 aliphatic carbocycles. The molecule has 1 saturated carbocycles. The number of nitrogens with one attached hydrogen (secondary N) is 2. The zero-order valence-corrected chi connectivity index (χ0v) is 28.3. The van der Waals surface area contributed by atoms with E-state index in [0.717, 1.165) is 41.6 Å². The third-order valence-corrected chi connectivity index (χ3v) is 6.98. The largest absolute Gasteiger partial charge is 0.493 e. The molecule has 2 N–H and O–H groups in total. The smallest absolute Gasteiger partial charge is 0.192 e. The third kappa shape index (κ3) is 14.5. The highest BCUT2D eigenvalue weighted by molar-refractivity contribution is 6.23. The molecule has 0 radical (unpaired) electrons. The molecule has 0 aliphatic heterocycles. The monoisotopic (exact) mass is 622 g/mol. The van der Waals surface area contributed by atoms with Gasteiger partial charge in [-0.3, -0.25) is 14.4 Å². The third-order valence-electron chi connectivity index (χ3n) is 6.98. The summed E-state index contributed by atoms with van der Waals surface area (Å²) in [7, 11) is 3.92. The minimum atomic E-state index is -0.426. The summed E-state index contributed by atoms with van der Waals surface area (Å²) in [6.45, 7) is 12.5. The predicted molar refractivity (Wildman–Crippen MR) is 192 cm³/mol. The van der Waals surface area contributed by atoms with Crippen molar-refractivity contribution in [2.75, 3.05) is 27.2 Å². The average Bonchev–Trinajstić information content (AvgIpc) is 3.90. The Morgan fingerprint density at radius 2 is 1.63 bits per heavy atom. The second-order valence-corrected chi connectivity index (χ2v) is 10.4. The van der Waals surface area contributed by atoms with E-state index in [2.05, 4.69) is 91.6 Å². The molecule has 3 aromatic rings. The predicted octanol–water partition coefficient (Wildman–Crippen LogP) is 7.54. The van der Waals surface area contributed by atoms with Crippen LogP contribution in [0.2, 0.25) is 0 Å². The Balaban J connectivity index is 0.000000327. The summed E-state index contributed by atoms with van der Waals surface area (Å²) < 4.78 is 5.47. The van der Waals surface area contributed by atoms with Crippen molar-refractivity contribution in [1.82, 2.24) is 10.6 Å². The molecule has 0 aromatic heterocycles. The molecule has 244 valence electrons. The van der Waals surface area contributed by atoms with E-state index in [4.69, 9.17) is 9.53 Å². The summed E-state index contributed by atoms with van der Waals surface area (Å²) >= 11 is 0.